The number of halogens is 2. The van der Waals surface area contributed by atoms with Crippen LogP contribution in [0.2, 0.25) is 9.36 Å². The van der Waals surface area contributed by atoms with Crippen LogP contribution in [0, 0.1) is 5.92 Å². The second kappa shape index (κ2) is 8.60. The molecule has 0 spiro atoms. The molecule has 7 nitrogen and oxygen atoms in total. The van der Waals surface area contributed by atoms with Gasteiger partial charge in [0.2, 0.25) is 5.91 Å². The van der Waals surface area contributed by atoms with Gasteiger partial charge in [0, 0.05) is 24.6 Å². The van der Waals surface area contributed by atoms with Gasteiger partial charge in [0.05, 0.1) is 28.5 Å². The number of aromatic amines is 1. The van der Waals surface area contributed by atoms with Crippen molar-refractivity contribution in [1.29, 1.82) is 0 Å². The number of anilines is 1. The predicted molar refractivity (Wildman–Crippen MR) is 129 cm³/mol. The summed E-state index contributed by atoms with van der Waals surface area (Å²) in [6, 6.07) is 8.78. The number of nitrogens with one attached hydrogen (secondary N) is 2. The van der Waals surface area contributed by atoms with Crippen LogP contribution in [0.1, 0.15) is 29.9 Å². The molecule has 174 valence electrons. The molecule has 2 amide bonds. The van der Waals surface area contributed by atoms with E-state index in [0.29, 0.717) is 46.7 Å². The van der Waals surface area contributed by atoms with Gasteiger partial charge in [-0.1, -0.05) is 41.4 Å². The first-order valence-corrected chi connectivity index (χ1v) is 12.2. The highest BCUT2D eigenvalue weighted by molar-refractivity contribution is 7.23. The van der Waals surface area contributed by atoms with Crippen molar-refractivity contribution in [3.05, 3.63) is 50.9 Å². The molecular formula is C23H23Cl2N3O4S. The number of ether oxygens (including phenoxy) is 2. The molecule has 0 saturated carbocycles. The van der Waals surface area contributed by atoms with E-state index in [1.165, 1.54) is 11.3 Å². The number of amides is 2. The minimum atomic E-state index is -0.685. The van der Waals surface area contributed by atoms with E-state index in [-0.39, 0.29) is 17.7 Å². The summed E-state index contributed by atoms with van der Waals surface area (Å²) in [4.78, 5) is 31.2. The van der Waals surface area contributed by atoms with Gasteiger partial charge in [-0.15, -0.1) is 11.3 Å². The zero-order valence-electron chi connectivity index (χ0n) is 18.1. The normalized spacial score (nSPS) is 20.8. The van der Waals surface area contributed by atoms with Crippen molar-refractivity contribution < 1.29 is 19.1 Å². The fourth-order valence-corrected chi connectivity index (χ4v) is 5.71. The number of para-hydroxylation sites is 1. The number of nitrogens with zero attached hydrogens (tertiary/aromatic N) is 1. The third kappa shape index (κ3) is 4.38. The van der Waals surface area contributed by atoms with Crippen LogP contribution in [0.15, 0.2) is 30.3 Å². The van der Waals surface area contributed by atoms with Crippen LogP contribution < -0.4 is 10.2 Å². The van der Waals surface area contributed by atoms with Gasteiger partial charge in [-0.05, 0) is 31.5 Å². The van der Waals surface area contributed by atoms with Gasteiger partial charge in [-0.2, -0.15) is 0 Å². The number of hydrogen-bond donors (Lipinski definition) is 2. The van der Waals surface area contributed by atoms with Crippen molar-refractivity contribution >= 4 is 62.3 Å². The van der Waals surface area contributed by atoms with Crippen molar-refractivity contribution in [3.8, 4) is 0 Å². The van der Waals surface area contributed by atoms with Gasteiger partial charge in [-0.25, -0.2) is 0 Å². The molecule has 1 saturated heterocycles. The van der Waals surface area contributed by atoms with Crippen LogP contribution in [-0.4, -0.2) is 48.4 Å². The number of aromatic nitrogens is 1. The average Bonchev–Trinajstić information content (AvgIpc) is 3.31. The van der Waals surface area contributed by atoms with Gasteiger partial charge in [0.15, 0.2) is 5.79 Å². The Bertz CT molecular complexity index is 1230. The molecule has 1 unspecified atom stereocenters. The Hall–Kier alpha value is -2.10. The van der Waals surface area contributed by atoms with E-state index in [1.54, 1.807) is 11.0 Å². The molecule has 1 fully saturated rings. The number of carbonyl (C=O) groups is 2. The Labute approximate surface area is 204 Å². The van der Waals surface area contributed by atoms with Crippen molar-refractivity contribution in [3.63, 3.8) is 0 Å². The number of rotatable bonds is 4. The fourth-order valence-electron chi connectivity index (χ4n) is 4.23. The van der Waals surface area contributed by atoms with Crippen LogP contribution in [0.5, 0.6) is 0 Å². The Morgan fingerprint density at radius 1 is 1.27 bits per heavy atom. The molecule has 0 radical (unpaired) electrons. The monoisotopic (exact) mass is 507 g/mol. The van der Waals surface area contributed by atoms with Crippen molar-refractivity contribution in [1.82, 2.24) is 10.3 Å². The number of hydrogen-bond acceptors (Lipinski definition) is 5. The summed E-state index contributed by atoms with van der Waals surface area (Å²) in [6.07, 6.45) is 0.420. The average molecular weight is 508 g/mol. The molecule has 33 heavy (non-hydrogen) atoms. The van der Waals surface area contributed by atoms with E-state index >= 15 is 0 Å². The third-order valence-electron chi connectivity index (χ3n) is 5.97. The summed E-state index contributed by atoms with van der Waals surface area (Å²) in [5, 5.41) is 3.29. The third-order valence-corrected chi connectivity index (χ3v) is 7.90. The van der Waals surface area contributed by atoms with E-state index in [2.05, 4.69) is 10.3 Å². The minimum Gasteiger partial charge on any atom is -0.350 e. The highest BCUT2D eigenvalue weighted by Gasteiger charge is 2.37. The SMILES string of the molecule is CC1(C)OCC(CN2C(=O)C(NC(=O)c3cc4sc(Cl)c(Cl)c4[nH]3)Cc3ccccc32)CO1. The number of carbonyl (C=O) groups excluding carboxylic acids is 2. The summed E-state index contributed by atoms with van der Waals surface area (Å²) in [5.74, 6) is -1.10. The molecule has 3 aromatic rings. The first-order valence-electron chi connectivity index (χ1n) is 10.7. The topological polar surface area (TPSA) is 83.7 Å². The molecule has 1 aromatic carbocycles. The van der Waals surface area contributed by atoms with Gasteiger partial charge < -0.3 is 24.7 Å². The maximum atomic E-state index is 13.5. The van der Waals surface area contributed by atoms with Gasteiger partial charge in [0.25, 0.3) is 5.91 Å². The molecule has 0 aliphatic carbocycles. The predicted octanol–water partition coefficient (Wildman–Crippen LogP) is 4.62. The number of fused-ring (bicyclic) bond motifs is 2. The summed E-state index contributed by atoms with van der Waals surface area (Å²) in [7, 11) is 0. The van der Waals surface area contributed by atoms with Crippen LogP contribution in [0.25, 0.3) is 10.2 Å². The second-order valence-electron chi connectivity index (χ2n) is 8.81. The second-order valence-corrected chi connectivity index (χ2v) is 10.8. The van der Waals surface area contributed by atoms with E-state index in [4.69, 9.17) is 32.7 Å². The van der Waals surface area contributed by atoms with E-state index < -0.39 is 11.8 Å². The highest BCUT2D eigenvalue weighted by atomic mass is 35.5. The van der Waals surface area contributed by atoms with Gasteiger partial charge in [0.1, 0.15) is 16.1 Å². The molecule has 10 heteroatoms. The lowest BCUT2D eigenvalue weighted by Crippen LogP contribution is -2.55. The number of H-pyrrole nitrogens is 1. The molecule has 5 rings (SSSR count). The Kier molecular flexibility index (Phi) is 5.91. The Morgan fingerprint density at radius 3 is 2.73 bits per heavy atom. The summed E-state index contributed by atoms with van der Waals surface area (Å²) in [5.41, 5.74) is 2.82. The minimum absolute atomic E-state index is 0.0339. The summed E-state index contributed by atoms with van der Waals surface area (Å²) >= 11 is 13.5. The van der Waals surface area contributed by atoms with Crippen molar-refractivity contribution in [2.24, 2.45) is 5.92 Å². The van der Waals surface area contributed by atoms with E-state index in [9.17, 15) is 9.59 Å². The first-order chi connectivity index (χ1) is 15.7. The molecule has 4 heterocycles. The lowest BCUT2D eigenvalue weighted by atomic mass is 9.95. The first kappa shape index (κ1) is 22.7. The molecule has 0 bridgehead atoms. The molecule has 2 aromatic heterocycles. The molecule has 2 aliphatic heterocycles. The van der Waals surface area contributed by atoms with Crippen LogP contribution in [0.3, 0.4) is 0 Å². The van der Waals surface area contributed by atoms with E-state index in [1.807, 2.05) is 38.1 Å². The largest absolute Gasteiger partial charge is 0.350 e. The van der Waals surface area contributed by atoms with Crippen molar-refractivity contribution in [2.75, 3.05) is 24.7 Å². The smallest absolute Gasteiger partial charge is 0.268 e. The van der Waals surface area contributed by atoms with Crippen molar-refractivity contribution in [2.45, 2.75) is 32.1 Å². The van der Waals surface area contributed by atoms with Crippen LogP contribution in [0.4, 0.5) is 5.69 Å². The maximum Gasteiger partial charge on any atom is 0.268 e. The standard InChI is InChI=1S/C23H23Cl2N3O4S/c1-23(2)31-10-12(11-32-23)9-28-16-6-4-3-5-13(16)7-15(22(28)30)27-21(29)14-8-17-19(26-14)18(24)20(25)33-17/h3-6,8,12,15,26H,7,9-11H2,1-2H3,(H,27,29). The Balaban J connectivity index is 1.35. The highest BCUT2D eigenvalue weighted by Crippen LogP contribution is 2.39. The molecule has 2 N–H and O–H groups in total. The van der Waals surface area contributed by atoms with Gasteiger partial charge in [-0.3, -0.25) is 9.59 Å². The summed E-state index contributed by atoms with van der Waals surface area (Å²) < 4.78 is 12.8. The molecule has 2 aliphatic rings. The molecular weight excluding hydrogens is 485 g/mol. The zero-order chi connectivity index (χ0) is 23.3. The van der Waals surface area contributed by atoms with Crippen LogP contribution in [-0.2, 0) is 20.7 Å². The maximum absolute atomic E-state index is 13.5. The number of benzene rings is 1. The number of thiophene rings is 1. The lowest BCUT2D eigenvalue weighted by molar-refractivity contribution is -0.260. The lowest BCUT2D eigenvalue weighted by Gasteiger charge is -2.40. The fraction of sp³-hybridized carbons (Fsp3) is 0.391. The van der Waals surface area contributed by atoms with E-state index in [0.717, 1.165) is 16.0 Å². The van der Waals surface area contributed by atoms with Gasteiger partial charge >= 0.3 is 0 Å². The molecule has 1 atom stereocenters. The zero-order valence-corrected chi connectivity index (χ0v) is 20.4. The quantitative estimate of drug-likeness (QED) is 0.539. The summed E-state index contributed by atoms with van der Waals surface area (Å²) in [6.45, 7) is 5.20. The Morgan fingerprint density at radius 2 is 2.00 bits per heavy atom. The van der Waals surface area contributed by atoms with Crippen LogP contribution >= 0.6 is 34.5 Å².